The summed E-state index contributed by atoms with van der Waals surface area (Å²) in [5.41, 5.74) is 1.19. The van der Waals surface area contributed by atoms with Crippen LogP contribution >= 0.6 is 11.8 Å². The minimum Gasteiger partial charge on any atom is -0.424 e. The fraction of sp³-hybridized carbons (Fsp3) is 0.273. The van der Waals surface area contributed by atoms with E-state index in [4.69, 9.17) is 4.42 Å². The molecule has 1 aliphatic heterocycles. The van der Waals surface area contributed by atoms with Gasteiger partial charge in [0.2, 0.25) is 17.5 Å². The van der Waals surface area contributed by atoms with Crippen LogP contribution in [0.15, 0.2) is 50.9 Å². The molecular weight excluding hydrogens is 456 g/mol. The first kappa shape index (κ1) is 21.7. The number of thioether (sulfide) groups is 1. The normalized spacial score (nSPS) is 13.9. The Morgan fingerprint density at radius 2 is 1.97 bits per heavy atom. The van der Waals surface area contributed by atoms with Crippen molar-refractivity contribution >= 4 is 34.6 Å². The van der Waals surface area contributed by atoms with Gasteiger partial charge in [0.25, 0.3) is 5.56 Å². The van der Waals surface area contributed by atoms with Crippen LogP contribution in [0.3, 0.4) is 0 Å². The number of amides is 1. The first-order valence-electron chi connectivity index (χ1n) is 10.6. The van der Waals surface area contributed by atoms with Crippen molar-refractivity contribution in [1.29, 1.82) is 5.26 Å². The maximum Gasteiger partial charge on any atom is 0.262 e. The molecule has 11 nitrogen and oxygen atoms in total. The van der Waals surface area contributed by atoms with E-state index in [-0.39, 0.29) is 22.9 Å². The fourth-order valence-electron chi connectivity index (χ4n) is 3.81. The summed E-state index contributed by atoms with van der Waals surface area (Å²) >= 11 is 1.18. The molecule has 1 amide bonds. The third-order valence-electron chi connectivity index (χ3n) is 5.49. The van der Waals surface area contributed by atoms with E-state index in [0.717, 1.165) is 5.69 Å². The predicted molar refractivity (Wildman–Crippen MR) is 125 cm³/mol. The van der Waals surface area contributed by atoms with Crippen LogP contribution in [0.1, 0.15) is 11.6 Å². The molecule has 12 heteroatoms. The Hall–Kier alpha value is -4.11. The summed E-state index contributed by atoms with van der Waals surface area (Å²) in [6, 6.07) is 11.5. The molecule has 0 bridgehead atoms. The zero-order valence-electron chi connectivity index (χ0n) is 18.3. The van der Waals surface area contributed by atoms with E-state index in [9.17, 15) is 14.9 Å². The number of benzene rings is 1. The molecule has 172 valence electrons. The molecule has 0 aliphatic carbocycles. The highest BCUT2D eigenvalue weighted by molar-refractivity contribution is 7.99. The lowest BCUT2D eigenvalue weighted by molar-refractivity contribution is -0.128. The highest BCUT2D eigenvalue weighted by Crippen LogP contribution is 2.23. The number of piperazine rings is 1. The van der Waals surface area contributed by atoms with Gasteiger partial charge in [-0.1, -0.05) is 30.0 Å². The van der Waals surface area contributed by atoms with Gasteiger partial charge in [-0.2, -0.15) is 10.4 Å². The number of hydrogen-bond donors (Lipinski definition) is 1. The van der Waals surface area contributed by atoms with Gasteiger partial charge >= 0.3 is 0 Å². The molecule has 4 heterocycles. The molecular formula is C22H20N8O3S. The fourth-order valence-corrected chi connectivity index (χ4v) is 4.57. The van der Waals surface area contributed by atoms with Crippen molar-refractivity contribution in [3.05, 3.63) is 58.5 Å². The number of anilines is 1. The Morgan fingerprint density at radius 1 is 1.21 bits per heavy atom. The molecule has 1 aromatic carbocycles. The molecule has 5 rings (SSSR count). The number of aryl methyl sites for hydroxylation is 1. The lowest BCUT2D eigenvalue weighted by Crippen LogP contribution is -2.49. The van der Waals surface area contributed by atoms with Gasteiger partial charge in [-0.25, -0.2) is 14.6 Å². The monoisotopic (exact) mass is 476 g/mol. The number of para-hydroxylation sites is 1. The van der Waals surface area contributed by atoms with Gasteiger partial charge in [-0.05, 0) is 12.1 Å². The standard InChI is InChI=1S/C22H20N8O3S/c1-14-25-17(11-23)21(33-14)29-9-7-28(8-10-29)18(31)13-34-22-26-19-16(20(32)27-22)12-24-30(19)15-5-3-2-4-6-15/h2-6,12H,7-10,13H2,1H3,(H,26,27,32). The lowest BCUT2D eigenvalue weighted by atomic mass is 10.3. The van der Waals surface area contributed by atoms with Crippen molar-refractivity contribution < 1.29 is 9.21 Å². The van der Waals surface area contributed by atoms with Crippen LogP contribution in [0.25, 0.3) is 16.7 Å². The number of oxazole rings is 1. The number of nitriles is 1. The maximum atomic E-state index is 12.8. The molecule has 0 spiro atoms. The summed E-state index contributed by atoms with van der Waals surface area (Å²) < 4.78 is 7.17. The smallest absolute Gasteiger partial charge is 0.262 e. The highest BCUT2D eigenvalue weighted by Gasteiger charge is 2.26. The molecule has 3 aromatic heterocycles. The number of nitrogens with one attached hydrogen (secondary N) is 1. The zero-order chi connectivity index (χ0) is 23.7. The Kier molecular flexibility index (Phi) is 5.77. The quantitative estimate of drug-likeness (QED) is 0.337. The van der Waals surface area contributed by atoms with Gasteiger partial charge in [0.1, 0.15) is 11.5 Å². The van der Waals surface area contributed by atoms with Crippen molar-refractivity contribution in [3.63, 3.8) is 0 Å². The number of nitrogens with zero attached hydrogens (tertiary/aromatic N) is 7. The second kappa shape index (κ2) is 9.03. The number of fused-ring (bicyclic) bond motifs is 1. The van der Waals surface area contributed by atoms with Crippen molar-refractivity contribution in [2.45, 2.75) is 12.1 Å². The Balaban J connectivity index is 1.25. The summed E-state index contributed by atoms with van der Waals surface area (Å²) in [5.74, 6) is 0.969. The molecule has 1 saturated heterocycles. The minimum atomic E-state index is -0.300. The number of carbonyl (C=O) groups excluding carboxylic acids is 1. The average molecular weight is 477 g/mol. The van der Waals surface area contributed by atoms with Crippen LogP contribution in [-0.2, 0) is 4.79 Å². The maximum absolute atomic E-state index is 12.8. The van der Waals surface area contributed by atoms with Gasteiger partial charge in [0.15, 0.2) is 16.7 Å². The number of rotatable bonds is 5. The lowest BCUT2D eigenvalue weighted by Gasteiger charge is -2.34. The highest BCUT2D eigenvalue weighted by atomic mass is 32.2. The van der Waals surface area contributed by atoms with Crippen LogP contribution < -0.4 is 10.5 Å². The number of aromatic nitrogens is 5. The van der Waals surface area contributed by atoms with Gasteiger partial charge in [0.05, 0.1) is 17.6 Å². The molecule has 34 heavy (non-hydrogen) atoms. The van der Waals surface area contributed by atoms with Crippen LogP contribution in [-0.4, -0.2) is 67.5 Å². The van der Waals surface area contributed by atoms with Gasteiger partial charge in [0, 0.05) is 33.1 Å². The first-order valence-corrected chi connectivity index (χ1v) is 11.6. The van der Waals surface area contributed by atoms with E-state index in [1.165, 1.54) is 18.0 Å². The second-order valence-corrected chi connectivity index (χ2v) is 8.62. The number of H-pyrrole nitrogens is 1. The first-order chi connectivity index (χ1) is 16.5. The molecule has 0 unspecified atom stereocenters. The van der Waals surface area contributed by atoms with Crippen molar-refractivity contribution in [3.8, 4) is 11.8 Å². The van der Waals surface area contributed by atoms with Crippen molar-refractivity contribution in [1.82, 2.24) is 29.6 Å². The third kappa shape index (κ3) is 4.13. The topological polar surface area (TPSA) is 137 Å². The summed E-state index contributed by atoms with van der Waals surface area (Å²) in [4.78, 5) is 40.3. The molecule has 1 N–H and O–H groups in total. The number of hydrogen-bond acceptors (Lipinski definition) is 9. The Morgan fingerprint density at radius 3 is 2.71 bits per heavy atom. The van der Waals surface area contributed by atoms with Gasteiger partial charge in [-0.15, -0.1) is 0 Å². The van der Waals surface area contributed by atoms with Crippen molar-refractivity contribution in [2.75, 3.05) is 36.8 Å². The van der Waals surface area contributed by atoms with E-state index in [1.54, 1.807) is 16.5 Å². The summed E-state index contributed by atoms with van der Waals surface area (Å²) in [6.45, 7) is 3.76. The Labute approximate surface area is 198 Å². The third-order valence-corrected chi connectivity index (χ3v) is 6.35. The number of carbonyl (C=O) groups is 1. The van der Waals surface area contributed by atoms with Gasteiger partial charge in [-0.3, -0.25) is 9.59 Å². The molecule has 4 aromatic rings. The zero-order valence-corrected chi connectivity index (χ0v) is 19.1. The Bertz CT molecular complexity index is 1440. The van der Waals surface area contributed by atoms with Crippen LogP contribution in [0.4, 0.5) is 5.88 Å². The SMILES string of the molecule is Cc1nc(C#N)c(N2CCN(C(=O)CSc3nc4c(cnn4-c4ccccc4)c(=O)[nH]3)CC2)o1. The predicted octanol–water partition coefficient (Wildman–Crippen LogP) is 1.72. The minimum absolute atomic E-state index is 0.0572. The molecule has 0 radical (unpaired) electrons. The molecule has 1 fully saturated rings. The van der Waals surface area contributed by atoms with E-state index in [0.29, 0.717) is 54.1 Å². The number of aromatic amines is 1. The molecule has 1 aliphatic rings. The molecule has 0 atom stereocenters. The van der Waals surface area contributed by atoms with E-state index in [2.05, 4.69) is 20.1 Å². The second-order valence-electron chi connectivity index (χ2n) is 7.66. The van der Waals surface area contributed by atoms with Gasteiger partial charge < -0.3 is 19.2 Å². The van der Waals surface area contributed by atoms with E-state index in [1.807, 2.05) is 41.3 Å². The van der Waals surface area contributed by atoms with E-state index >= 15 is 0 Å². The van der Waals surface area contributed by atoms with Crippen LogP contribution in [0, 0.1) is 18.3 Å². The summed E-state index contributed by atoms with van der Waals surface area (Å²) in [5, 5.41) is 14.3. The molecule has 0 saturated carbocycles. The van der Waals surface area contributed by atoms with Crippen molar-refractivity contribution in [2.24, 2.45) is 0 Å². The largest absolute Gasteiger partial charge is 0.424 e. The van der Waals surface area contributed by atoms with Crippen LogP contribution in [0.2, 0.25) is 0 Å². The summed E-state index contributed by atoms with van der Waals surface area (Å²) in [7, 11) is 0. The summed E-state index contributed by atoms with van der Waals surface area (Å²) in [6.07, 6.45) is 1.49. The van der Waals surface area contributed by atoms with E-state index < -0.39 is 0 Å². The van der Waals surface area contributed by atoms with Crippen LogP contribution in [0.5, 0.6) is 0 Å². The average Bonchev–Trinajstić information content (AvgIpc) is 3.47.